The van der Waals surface area contributed by atoms with Gasteiger partial charge in [-0.15, -0.1) is 36.6 Å². The van der Waals surface area contributed by atoms with Gasteiger partial charge >= 0.3 is 0 Å². The molecular weight excluding hydrogens is 379 g/mol. The zero-order valence-corrected chi connectivity index (χ0v) is 17.3. The molecule has 1 unspecified atom stereocenters. The summed E-state index contributed by atoms with van der Waals surface area (Å²) in [5.74, 6) is 1.73. The predicted octanol–water partition coefficient (Wildman–Crippen LogP) is 3.21. The Morgan fingerprint density at radius 3 is 2.68 bits per heavy atom. The van der Waals surface area contributed by atoms with Gasteiger partial charge in [-0.1, -0.05) is 19.9 Å². The van der Waals surface area contributed by atoms with Crippen LogP contribution in [0.3, 0.4) is 0 Å². The minimum Gasteiger partial charge on any atom is -0.351 e. The second kappa shape index (κ2) is 11.6. The molecule has 0 fully saturated rings. The van der Waals surface area contributed by atoms with Crippen LogP contribution in [0.4, 0.5) is 0 Å². The van der Waals surface area contributed by atoms with E-state index in [-0.39, 0.29) is 36.8 Å². The summed E-state index contributed by atoms with van der Waals surface area (Å²) in [6.45, 7) is 6.81. The molecule has 2 rings (SSSR count). The van der Waals surface area contributed by atoms with Crippen LogP contribution in [-0.2, 0) is 10.5 Å². The van der Waals surface area contributed by atoms with Gasteiger partial charge in [0.1, 0.15) is 5.65 Å². The van der Waals surface area contributed by atoms with Crippen LogP contribution in [0.5, 0.6) is 0 Å². The lowest BCUT2D eigenvalue weighted by molar-refractivity contribution is -0.119. The number of aromatic nitrogens is 2. The molecule has 25 heavy (non-hydrogen) atoms. The van der Waals surface area contributed by atoms with Gasteiger partial charge in [-0.25, -0.2) is 4.98 Å². The number of halogens is 2. The topological polar surface area (TPSA) is 72.4 Å². The van der Waals surface area contributed by atoms with Crippen LogP contribution in [0, 0.1) is 12.8 Å². The van der Waals surface area contributed by atoms with Crippen LogP contribution >= 0.6 is 36.6 Å². The molecule has 0 radical (unpaired) electrons. The van der Waals surface area contributed by atoms with Crippen molar-refractivity contribution in [2.24, 2.45) is 11.7 Å². The zero-order valence-electron chi connectivity index (χ0n) is 14.9. The average molecular weight is 407 g/mol. The molecule has 0 aliphatic carbocycles. The molecule has 2 aromatic heterocycles. The molecule has 8 heteroatoms. The summed E-state index contributed by atoms with van der Waals surface area (Å²) in [5, 5.41) is 3.01. The number of nitrogens with two attached hydrogens (primary N) is 1. The molecule has 0 saturated carbocycles. The first-order valence-electron chi connectivity index (χ1n) is 7.99. The Kier molecular flexibility index (Phi) is 11.2. The Morgan fingerprint density at radius 1 is 1.32 bits per heavy atom. The Balaban J connectivity index is 0.00000288. The number of aryl methyl sites for hydroxylation is 1. The third kappa shape index (κ3) is 7.86. The number of rotatable bonds is 8. The standard InChI is InChI=1S/C17H26N4OS.2ClH/c1-12(2)6-14(7-18)20-17(22)11-23-10-15-9-21-8-13(3)4-5-16(21)19-15;;/h4-5,8-9,12,14H,6-7,10-11,18H2,1-3H3,(H,20,22);2*1H. The summed E-state index contributed by atoms with van der Waals surface area (Å²) in [6, 6.07) is 4.13. The van der Waals surface area contributed by atoms with Crippen molar-refractivity contribution in [3.63, 3.8) is 0 Å². The summed E-state index contributed by atoms with van der Waals surface area (Å²) >= 11 is 1.58. The van der Waals surface area contributed by atoms with Crippen molar-refractivity contribution in [2.75, 3.05) is 12.3 Å². The van der Waals surface area contributed by atoms with Gasteiger partial charge in [0.25, 0.3) is 0 Å². The van der Waals surface area contributed by atoms with Gasteiger partial charge in [-0.3, -0.25) is 4.79 Å². The fourth-order valence-electron chi connectivity index (χ4n) is 2.53. The Hall–Kier alpha value is -0.950. The van der Waals surface area contributed by atoms with Crippen LogP contribution in [0.1, 0.15) is 31.5 Å². The first-order valence-corrected chi connectivity index (χ1v) is 9.14. The third-order valence-corrected chi connectivity index (χ3v) is 4.50. The van der Waals surface area contributed by atoms with Gasteiger partial charge in [0.15, 0.2) is 0 Å². The molecule has 0 saturated heterocycles. The van der Waals surface area contributed by atoms with Gasteiger partial charge in [0, 0.05) is 30.7 Å². The second-order valence-electron chi connectivity index (χ2n) is 6.33. The first kappa shape index (κ1) is 24.1. The number of fused-ring (bicyclic) bond motifs is 1. The maximum absolute atomic E-state index is 12.0. The average Bonchev–Trinajstić information content (AvgIpc) is 2.87. The zero-order chi connectivity index (χ0) is 16.8. The molecule has 0 aliphatic heterocycles. The van der Waals surface area contributed by atoms with Crippen molar-refractivity contribution >= 4 is 48.1 Å². The number of amides is 1. The lowest BCUT2D eigenvalue weighted by Crippen LogP contribution is -2.41. The molecule has 2 aromatic rings. The Morgan fingerprint density at radius 2 is 2.04 bits per heavy atom. The fourth-order valence-corrected chi connectivity index (χ4v) is 3.24. The molecule has 0 bridgehead atoms. The first-order chi connectivity index (χ1) is 11.0. The molecule has 0 aliphatic rings. The highest BCUT2D eigenvalue weighted by Crippen LogP contribution is 2.14. The third-order valence-electron chi connectivity index (χ3n) is 3.54. The highest BCUT2D eigenvalue weighted by atomic mass is 35.5. The second-order valence-corrected chi connectivity index (χ2v) is 7.31. The maximum atomic E-state index is 12.0. The van der Waals surface area contributed by atoms with E-state index in [0.29, 0.717) is 18.2 Å². The molecular formula is C17H28Cl2N4OS. The summed E-state index contributed by atoms with van der Waals surface area (Å²) in [7, 11) is 0. The van der Waals surface area contributed by atoms with Crippen LogP contribution in [0.2, 0.25) is 0 Å². The van der Waals surface area contributed by atoms with E-state index in [1.807, 2.05) is 22.7 Å². The molecule has 3 N–H and O–H groups in total. The van der Waals surface area contributed by atoms with Crippen molar-refractivity contribution in [3.8, 4) is 0 Å². The summed E-state index contributed by atoms with van der Waals surface area (Å²) in [6.07, 6.45) is 4.99. The van der Waals surface area contributed by atoms with E-state index in [2.05, 4.69) is 37.3 Å². The number of hydrogen-bond donors (Lipinski definition) is 2. The lowest BCUT2D eigenvalue weighted by atomic mass is 10.0. The van der Waals surface area contributed by atoms with Crippen LogP contribution in [0.25, 0.3) is 5.65 Å². The molecule has 1 amide bonds. The maximum Gasteiger partial charge on any atom is 0.230 e. The van der Waals surface area contributed by atoms with Crippen molar-refractivity contribution in [3.05, 3.63) is 35.8 Å². The molecule has 142 valence electrons. The minimum atomic E-state index is 0. The predicted molar refractivity (Wildman–Crippen MR) is 111 cm³/mol. The van der Waals surface area contributed by atoms with Crippen LogP contribution in [0.15, 0.2) is 24.5 Å². The SMILES string of the molecule is Cc1ccc2nc(CSCC(=O)NC(CN)CC(C)C)cn2c1.Cl.Cl. The van der Waals surface area contributed by atoms with E-state index in [1.54, 1.807) is 11.8 Å². The van der Waals surface area contributed by atoms with E-state index in [9.17, 15) is 4.79 Å². The van der Waals surface area contributed by atoms with Crippen molar-refractivity contribution < 1.29 is 4.79 Å². The van der Waals surface area contributed by atoms with E-state index < -0.39 is 0 Å². The number of thioether (sulfide) groups is 1. The number of hydrogen-bond acceptors (Lipinski definition) is 4. The number of nitrogens with zero attached hydrogens (tertiary/aromatic N) is 2. The summed E-state index contributed by atoms with van der Waals surface area (Å²) < 4.78 is 2.03. The van der Waals surface area contributed by atoms with Gasteiger partial charge in [-0.2, -0.15) is 0 Å². The number of carbonyl (C=O) groups is 1. The van der Waals surface area contributed by atoms with Crippen LogP contribution < -0.4 is 11.1 Å². The monoisotopic (exact) mass is 406 g/mol. The normalized spacial score (nSPS) is 11.7. The van der Waals surface area contributed by atoms with Crippen molar-refractivity contribution in [1.82, 2.24) is 14.7 Å². The van der Waals surface area contributed by atoms with E-state index in [0.717, 1.165) is 23.5 Å². The molecule has 2 heterocycles. The molecule has 0 spiro atoms. The quantitative estimate of drug-likeness (QED) is 0.705. The minimum absolute atomic E-state index is 0. The van der Waals surface area contributed by atoms with Gasteiger partial charge in [0.2, 0.25) is 5.91 Å². The van der Waals surface area contributed by atoms with E-state index in [4.69, 9.17) is 5.73 Å². The number of imidazole rings is 1. The number of carbonyl (C=O) groups excluding carboxylic acids is 1. The van der Waals surface area contributed by atoms with Crippen molar-refractivity contribution in [2.45, 2.75) is 39.0 Å². The fraction of sp³-hybridized carbons (Fsp3) is 0.529. The Labute approximate surface area is 166 Å². The summed E-state index contributed by atoms with van der Waals surface area (Å²) in [4.78, 5) is 16.5. The molecule has 1 atom stereocenters. The highest BCUT2D eigenvalue weighted by Gasteiger charge is 2.12. The van der Waals surface area contributed by atoms with Crippen LogP contribution in [-0.4, -0.2) is 33.6 Å². The Bertz CT molecular complexity index is 663. The smallest absolute Gasteiger partial charge is 0.230 e. The van der Waals surface area contributed by atoms with Gasteiger partial charge in [0.05, 0.1) is 11.4 Å². The number of nitrogens with one attached hydrogen (secondary N) is 1. The van der Waals surface area contributed by atoms with E-state index in [1.165, 1.54) is 5.56 Å². The lowest BCUT2D eigenvalue weighted by Gasteiger charge is -2.18. The van der Waals surface area contributed by atoms with E-state index >= 15 is 0 Å². The summed E-state index contributed by atoms with van der Waals surface area (Å²) in [5.41, 5.74) is 8.84. The number of pyridine rings is 1. The molecule has 0 aromatic carbocycles. The van der Waals surface area contributed by atoms with Gasteiger partial charge < -0.3 is 15.5 Å². The van der Waals surface area contributed by atoms with Gasteiger partial charge in [-0.05, 0) is 30.9 Å². The molecule has 5 nitrogen and oxygen atoms in total. The largest absolute Gasteiger partial charge is 0.351 e. The highest BCUT2D eigenvalue weighted by molar-refractivity contribution is 7.99. The van der Waals surface area contributed by atoms with Crippen molar-refractivity contribution in [1.29, 1.82) is 0 Å².